The maximum atomic E-state index is 13.5. The van der Waals surface area contributed by atoms with Crippen LogP contribution in [-0.4, -0.2) is 72.7 Å². The van der Waals surface area contributed by atoms with E-state index in [9.17, 15) is 9.59 Å². The van der Waals surface area contributed by atoms with Gasteiger partial charge in [0, 0.05) is 64.8 Å². The number of carbonyl (C=O) groups is 2. The van der Waals surface area contributed by atoms with Crippen molar-refractivity contribution in [3.05, 3.63) is 53.9 Å². The van der Waals surface area contributed by atoms with Crippen LogP contribution in [0.15, 0.2) is 42.7 Å². The number of rotatable bonds is 8. The number of aromatic nitrogens is 1. The van der Waals surface area contributed by atoms with Gasteiger partial charge in [-0.1, -0.05) is 12.1 Å². The van der Waals surface area contributed by atoms with Gasteiger partial charge in [0.05, 0.1) is 13.5 Å². The van der Waals surface area contributed by atoms with E-state index >= 15 is 0 Å². The van der Waals surface area contributed by atoms with E-state index in [0.29, 0.717) is 25.6 Å². The van der Waals surface area contributed by atoms with E-state index in [2.05, 4.69) is 12.1 Å². The lowest BCUT2D eigenvalue weighted by atomic mass is 9.84. The molecule has 4 rings (SSSR count). The first-order valence-corrected chi connectivity index (χ1v) is 12.8. The summed E-state index contributed by atoms with van der Waals surface area (Å²) in [6.45, 7) is 2.80. The molecular weight excluding hydrogens is 442 g/mol. The van der Waals surface area contributed by atoms with Crippen LogP contribution in [-0.2, 0) is 34.2 Å². The average molecular weight is 482 g/mol. The van der Waals surface area contributed by atoms with E-state index in [4.69, 9.17) is 9.47 Å². The van der Waals surface area contributed by atoms with Gasteiger partial charge in [-0.05, 0) is 67.3 Å². The van der Waals surface area contributed by atoms with Crippen LogP contribution in [0.2, 0.25) is 0 Å². The highest BCUT2D eigenvalue weighted by molar-refractivity contribution is 5.79. The molecule has 190 valence electrons. The number of carbonyl (C=O) groups excluding carboxylic acids is 2. The van der Waals surface area contributed by atoms with Crippen molar-refractivity contribution in [2.75, 3.05) is 40.5 Å². The van der Waals surface area contributed by atoms with Gasteiger partial charge in [-0.25, -0.2) is 0 Å². The third kappa shape index (κ3) is 6.45. The largest absolute Gasteiger partial charge is 0.497 e. The Bertz CT molecular complexity index is 990. The summed E-state index contributed by atoms with van der Waals surface area (Å²) in [6.07, 6.45) is 8.60. The number of hydrogen-bond donors (Lipinski definition) is 0. The number of aryl methyl sites for hydroxylation is 1. The average Bonchev–Trinajstić information content (AvgIpc) is 3.31. The molecule has 2 saturated heterocycles. The first-order chi connectivity index (χ1) is 16.9. The van der Waals surface area contributed by atoms with Gasteiger partial charge in [-0.2, -0.15) is 0 Å². The highest BCUT2D eigenvalue weighted by Crippen LogP contribution is 2.29. The van der Waals surface area contributed by atoms with Gasteiger partial charge in [-0.15, -0.1) is 0 Å². The Kier molecular flexibility index (Phi) is 8.50. The van der Waals surface area contributed by atoms with E-state index in [-0.39, 0.29) is 23.8 Å². The van der Waals surface area contributed by atoms with E-state index in [0.717, 1.165) is 56.5 Å². The molecule has 2 aromatic rings. The zero-order chi connectivity index (χ0) is 24.8. The van der Waals surface area contributed by atoms with Crippen molar-refractivity contribution in [2.45, 2.75) is 44.6 Å². The number of ether oxygens (including phenoxy) is 2. The summed E-state index contributed by atoms with van der Waals surface area (Å²) in [7, 11) is 5.62. The molecule has 0 spiro atoms. The Morgan fingerprint density at radius 1 is 1.11 bits per heavy atom. The standard InChI is InChI=1S/C28H39N3O4/c1-29-12-7-22(20-29)19-27(32)31-13-8-23(9-14-31)26(18-21-5-4-6-25(17-21)34-3)30(2)28(33)24-10-15-35-16-11-24/h4-7,12,17,20,23-24,26H,8-11,13-16,18-19H2,1-3H3. The predicted octanol–water partition coefficient (Wildman–Crippen LogP) is 3.31. The van der Waals surface area contributed by atoms with Gasteiger partial charge in [0.1, 0.15) is 5.75 Å². The van der Waals surface area contributed by atoms with E-state index in [1.165, 1.54) is 5.56 Å². The zero-order valence-corrected chi connectivity index (χ0v) is 21.3. The van der Waals surface area contributed by atoms with Crippen LogP contribution in [0.4, 0.5) is 0 Å². The summed E-state index contributed by atoms with van der Waals surface area (Å²) in [5, 5.41) is 0. The van der Waals surface area contributed by atoms with E-state index in [1.54, 1.807) is 7.11 Å². The molecule has 3 heterocycles. The topological polar surface area (TPSA) is 64.0 Å². The molecule has 0 N–H and O–H groups in total. The molecule has 0 radical (unpaired) electrons. The molecule has 0 aliphatic carbocycles. The number of likely N-dealkylation sites (tertiary alicyclic amines) is 1. The molecule has 0 bridgehead atoms. The second kappa shape index (κ2) is 11.8. The molecule has 1 aromatic carbocycles. The fourth-order valence-corrected chi connectivity index (χ4v) is 5.54. The molecule has 2 aliphatic heterocycles. The van der Waals surface area contributed by atoms with Crippen molar-refractivity contribution in [3.8, 4) is 5.75 Å². The normalized spacial score (nSPS) is 18.3. The monoisotopic (exact) mass is 481 g/mol. The van der Waals surface area contributed by atoms with Crippen LogP contribution in [0.5, 0.6) is 5.75 Å². The number of piperidine rings is 1. The number of methoxy groups -OCH3 is 1. The summed E-state index contributed by atoms with van der Waals surface area (Å²) in [5.41, 5.74) is 2.22. The Morgan fingerprint density at radius 2 is 1.86 bits per heavy atom. The maximum absolute atomic E-state index is 13.5. The minimum atomic E-state index is 0.0362. The first kappa shape index (κ1) is 25.3. The van der Waals surface area contributed by atoms with E-state index in [1.807, 2.05) is 59.1 Å². The highest BCUT2D eigenvalue weighted by atomic mass is 16.5. The van der Waals surface area contributed by atoms with Gasteiger partial charge in [0.25, 0.3) is 0 Å². The van der Waals surface area contributed by atoms with Gasteiger partial charge in [0.2, 0.25) is 11.8 Å². The van der Waals surface area contributed by atoms with Gasteiger partial charge in [0.15, 0.2) is 0 Å². The Labute approximate surface area is 209 Å². The van der Waals surface area contributed by atoms with Crippen LogP contribution in [0.3, 0.4) is 0 Å². The summed E-state index contributed by atoms with van der Waals surface area (Å²) < 4.78 is 12.9. The third-order valence-electron chi connectivity index (χ3n) is 7.68. The molecule has 35 heavy (non-hydrogen) atoms. The van der Waals surface area contributed by atoms with Crippen LogP contribution in [0.25, 0.3) is 0 Å². The second-order valence-electron chi connectivity index (χ2n) is 10.0. The number of hydrogen-bond acceptors (Lipinski definition) is 4. The third-order valence-corrected chi connectivity index (χ3v) is 7.68. The molecule has 1 aromatic heterocycles. The molecule has 7 nitrogen and oxygen atoms in total. The molecule has 2 aliphatic rings. The second-order valence-corrected chi connectivity index (χ2v) is 10.0. The van der Waals surface area contributed by atoms with Crippen molar-refractivity contribution in [1.82, 2.24) is 14.4 Å². The molecule has 7 heteroatoms. The lowest BCUT2D eigenvalue weighted by Gasteiger charge is -2.41. The number of benzene rings is 1. The summed E-state index contributed by atoms with van der Waals surface area (Å²) >= 11 is 0. The quantitative estimate of drug-likeness (QED) is 0.580. The van der Waals surface area contributed by atoms with Crippen LogP contribution < -0.4 is 4.74 Å². The van der Waals surface area contributed by atoms with Crippen molar-refractivity contribution < 1.29 is 19.1 Å². The predicted molar refractivity (Wildman–Crippen MR) is 135 cm³/mol. The SMILES string of the molecule is COc1cccc(CC(C2CCN(C(=O)Cc3ccn(C)c3)CC2)N(C)C(=O)C2CCOCC2)c1. The molecule has 1 atom stereocenters. The lowest BCUT2D eigenvalue weighted by Crippen LogP contribution is -2.50. The number of amides is 2. The minimum absolute atomic E-state index is 0.0362. The summed E-state index contributed by atoms with van der Waals surface area (Å²) in [5.74, 6) is 1.63. The van der Waals surface area contributed by atoms with Gasteiger partial charge >= 0.3 is 0 Å². The van der Waals surface area contributed by atoms with Crippen LogP contribution >= 0.6 is 0 Å². The van der Waals surface area contributed by atoms with Crippen LogP contribution in [0.1, 0.15) is 36.8 Å². The Hall–Kier alpha value is -2.80. The molecular formula is C28H39N3O4. The van der Waals surface area contributed by atoms with Gasteiger partial charge < -0.3 is 23.8 Å². The molecule has 1 unspecified atom stereocenters. The van der Waals surface area contributed by atoms with Crippen molar-refractivity contribution >= 4 is 11.8 Å². The van der Waals surface area contributed by atoms with Gasteiger partial charge in [-0.3, -0.25) is 9.59 Å². The Balaban J connectivity index is 1.44. The summed E-state index contributed by atoms with van der Waals surface area (Å²) in [6, 6.07) is 10.2. The van der Waals surface area contributed by atoms with Crippen molar-refractivity contribution in [2.24, 2.45) is 18.9 Å². The smallest absolute Gasteiger partial charge is 0.227 e. The first-order valence-electron chi connectivity index (χ1n) is 12.8. The molecule has 2 fully saturated rings. The Morgan fingerprint density at radius 3 is 2.51 bits per heavy atom. The van der Waals surface area contributed by atoms with Crippen molar-refractivity contribution in [1.29, 1.82) is 0 Å². The highest BCUT2D eigenvalue weighted by Gasteiger charge is 2.35. The fourth-order valence-electron chi connectivity index (χ4n) is 5.54. The molecule has 2 amide bonds. The number of nitrogens with zero attached hydrogens (tertiary/aromatic N) is 3. The minimum Gasteiger partial charge on any atom is -0.497 e. The lowest BCUT2D eigenvalue weighted by molar-refractivity contribution is -0.141. The fraction of sp³-hybridized carbons (Fsp3) is 0.571. The van der Waals surface area contributed by atoms with E-state index < -0.39 is 0 Å². The zero-order valence-electron chi connectivity index (χ0n) is 21.3. The van der Waals surface area contributed by atoms with Crippen molar-refractivity contribution in [3.63, 3.8) is 0 Å². The maximum Gasteiger partial charge on any atom is 0.227 e. The molecule has 0 saturated carbocycles. The summed E-state index contributed by atoms with van der Waals surface area (Å²) in [4.78, 5) is 30.3. The number of likely N-dealkylation sites (N-methyl/N-ethyl adjacent to an activating group) is 1. The van der Waals surface area contributed by atoms with Crippen LogP contribution in [0, 0.1) is 11.8 Å².